The van der Waals surface area contributed by atoms with Crippen LogP contribution in [-0.4, -0.2) is 4.57 Å². The van der Waals surface area contributed by atoms with Gasteiger partial charge in [0, 0.05) is 22.0 Å². The molecule has 1 unspecified atom stereocenters. The van der Waals surface area contributed by atoms with E-state index in [2.05, 4.69) is 186 Å². The Kier molecular flexibility index (Phi) is 6.31. The molecule has 3 heteroatoms. The first-order valence-corrected chi connectivity index (χ1v) is 17.9. The molecule has 52 heavy (non-hydrogen) atoms. The molecule has 0 fully saturated rings. The molecule has 10 aromatic rings. The minimum atomic E-state index is -0.253. The van der Waals surface area contributed by atoms with E-state index in [0.717, 1.165) is 33.7 Å². The van der Waals surface area contributed by atoms with Crippen LogP contribution in [0.3, 0.4) is 0 Å². The number of aromatic nitrogens is 1. The highest BCUT2D eigenvalue weighted by Gasteiger charge is 2.28. The van der Waals surface area contributed by atoms with Crippen LogP contribution in [0.2, 0.25) is 0 Å². The number of nitrogens with zero attached hydrogens (tertiary/aromatic N) is 1. The summed E-state index contributed by atoms with van der Waals surface area (Å²) in [7, 11) is 0. The summed E-state index contributed by atoms with van der Waals surface area (Å²) in [6.07, 6.45) is -0.253. The Bertz CT molecular complexity index is 2960. The van der Waals surface area contributed by atoms with Crippen molar-refractivity contribution >= 4 is 59.8 Å². The standard InChI is InChI=1S/C49H32N2O/c1-3-11-31(12-4-1)35-22-28-46-44(30-35)42-26-27-45-48(52-49(50-45)33-13-5-2-6-14-33)47(42)51(46)36-23-19-32(20-24-36)34-21-25-41-39-17-8-7-15-37(39)38-16-9-10-18-40(38)43(41)29-34/h1-30,49-50H. The molecule has 0 saturated heterocycles. The molecule has 1 atom stereocenters. The van der Waals surface area contributed by atoms with Crippen LogP contribution in [0.25, 0.3) is 82.1 Å². The summed E-state index contributed by atoms with van der Waals surface area (Å²) in [4.78, 5) is 0. The molecule has 0 spiro atoms. The molecule has 9 aromatic carbocycles. The zero-order valence-electron chi connectivity index (χ0n) is 28.3. The molecule has 1 aromatic heterocycles. The second kappa shape index (κ2) is 11.3. The molecule has 1 N–H and O–H groups in total. The van der Waals surface area contributed by atoms with Gasteiger partial charge in [0.25, 0.3) is 0 Å². The summed E-state index contributed by atoms with van der Waals surface area (Å²) in [5, 5.41) is 13.7. The van der Waals surface area contributed by atoms with Crippen LogP contribution in [0.1, 0.15) is 11.8 Å². The largest absolute Gasteiger partial charge is 0.462 e. The van der Waals surface area contributed by atoms with Crippen LogP contribution >= 0.6 is 0 Å². The Labute approximate surface area is 301 Å². The molecule has 1 aliphatic heterocycles. The quantitative estimate of drug-likeness (QED) is 0.190. The van der Waals surface area contributed by atoms with E-state index in [-0.39, 0.29) is 6.23 Å². The first-order valence-electron chi connectivity index (χ1n) is 17.9. The zero-order chi connectivity index (χ0) is 34.2. The van der Waals surface area contributed by atoms with Crippen molar-refractivity contribution < 1.29 is 4.74 Å². The van der Waals surface area contributed by atoms with Gasteiger partial charge in [-0.2, -0.15) is 0 Å². The molecule has 0 amide bonds. The smallest absolute Gasteiger partial charge is 0.196 e. The highest BCUT2D eigenvalue weighted by atomic mass is 16.5. The minimum absolute atomic E-state index is 0.253. The summed E-state index contributed by atoms with van der Waals surface area (Å²) < 4.78 is 9.15. The van der Waals surface area contributed by atoms with Crippen molar-refractivity contribution in [3.05, 3.63) is 188 Å². The van der Waals surface area contributed by atoms with Crippen molar-refractivity contribution in [2.75, 3.05) is 5.32 Å². The van der Waals surface area contributed by atoms with Crippen molar-refractivity contribution in [3.8, 4) is 33.7 Å². The molecule has 0 aliphatic carbocycles. The van der Waals surface area contributed by atoms with Crippen LogP contribution in [0.4, 0.5) is 5.69 Å². The van der Waals surface area contributed by atoms with E-state index in [9.17, 15) is 0 Å². The SMILES string of the molecule is c1ccc(-c2ccc3c(c2)c2ccc4c(c2n3-c2ccc(-c3ccc5c6ccccc6c6ccccc6c5c3)cc2)OC(c2ccccc2)N4)cc1. The fourth-order valence-corrected chi connectivity index (χ4v) is 8.35. The van der Waals surface area contributed by atoms with Crippen LogP contribution in [-0.2, 0) is 0 Å². The fourth-order valence-electron chi connectivity index (χ4n) is 8.35. The van der Waals surface area contributed by atoms with E-state index in [0.29, 0.717) is 0 Å². The number of nitrogens with one attached hydrogen (secondary N) is 1. The Morgan fingerprint density at radius 2 is 0.923 bits per heavy atom. The number of anilines is 1. The van der Waals surface area contributed by atoms with Crippen molar-refractivity contribution in [1.29, 1.82) is 0 Å². The van der Waals surface area contributed by atoms with Gasteiger partial charge in [-0.1, -0.05) is 140 Å². The predicted octanol–water partition coefficient (Wildman–Crippen LogP) is 13.1. The molecule has 1 aliphatic rings. The lowest BCUT2D eigenvalue weighted by molar-refractivity contribution is 0.262. The van der Waals surface area contributed by atoms with Crippen LogP contribution in [0, 0.1) is 0 Å². The summed E-state index contributed by atoms with van der Waals surface area (Å²) in [6.45, 7) is 0. The van der Waals surface area contributed by atoms with E-state index in [4.69, 9.17) is 4.74 Å². The molecule has 0 bridgehead atoms. The number of ether oxygens (including phenoxy) is 1. The normalized spacial score (nSPS) is 13.9. The van der Waals surface area contributed by atoms with Crippen LogP contribution < -0.4 is 10.1 Å². The molecule has 0 saturated carbocycles. The molecular formula is C49H32N2O. The van der Waals surface area contributed by atoms with Gasteiger partial charge in [0.1, 0.15) is 0 Å². The van der Waals surface area contributed by atoms with Crippen LogP contribution in [0.15, 0.2) is 182 Å². The Morgan fingerprint density at radius 1 is 0.404 bits per heavy atom. The topological polar surface area (TPSA) is 26.2 Å². The molecule has 2 heterocycles. The number of benzene rings is 9. The molecule has 0 radical (unpaired) electrons. The van der Waals surface area contributed by atoms with Crippen molar-refractivity contribution in [3.63, 3.8) is 0 Å². The highest BCUT2D eigenvalue weighted by Crippen LogP contribution is 2.48. The lowest BCUT2D eigenvalue weighted by Crippen LogP contribution is -2.09. The van der Waals surface area contributed by atoms with E-state index >= 15 is 0 Å². The van der Waals surface area contributed by atoms with Crippen molar-refractivity contribution in [1.82, 2.24) is 4.57 Å². The number of hydrogen-bond acceptors (Lipinski definition) is 2. The fraction of sp³-hybridized carbons (Fsp3) is 0.0204. The lowest BCUT2D eigenvalue weighted by Gasteiger charge is -2.14. The third kappa shape index (κ3) is 4.39. The molecular weight excluding hydrogens is 633 g/mol. The van der Waals surface area contributed by atoms with Gasteiger partial charge in [-0.05, 0) is 97.0 Å². The maximum Gasteiger partial charge on any atom is 0.196 e. The van der Waals surface area contributed by atoms with Crippen LogP contribution in [0.5, 0.6) is 5.75 Å². The first-order chi connectivity index (χ1) is 25.8. The van der Waals surface area contributed by atoms with Gasteiger partial charge in [-0.3, -0.25) is 0 Å². The average molecular weight is 665 g/mol. The zero-order valence-corrected chi connectivity index (χ0v) is 28.3. The van der Waals surface area contributed by atoms with Gasteiger partial charge in [-0.15, -0.1) is 0 Å². The van der Waals surface area contributed by atoms with E-state index < -0.39 is 0 Å². The monoisotopic (exact) mass is 664 g/mol. The Morgan fingerprint density at radius 3 is 1.62 bits per heavy atom. The lowest BCUT2D eigenvalue weighted by atomic mass is 9.92. The van der Waals surface area contributed by atoms with Gasteiger partial charge in [-0.25, -0.2) is 0 Å². The average Bonchev–Trinajstić information content (AvgIpc) is 3.81. The van der Waals surface area contributed by atoms with Crippen molar-refractivity contribution in [2.24, 2.45) is 0 Å². The summed E-state index contributed by atoms with van der Waals surface area (Å²) >= 11 is 0. The van der Waals surface area contributed by atoms with Gasteiger partial charge in [0.15, 0.2) is 12.0 Å². The third-order valence-electron chi connectivity index (χ3n) is 10.8. The number of hydrogen-bond donors (Lipinski definition) is 1. The first kappa shape index (κ1) is 28.9. The van der Waals surface area contributed by atoms with Crippen molar-refractivity contribution in [2.45, 2.75) is 6.23 Å². The van der Waals surface area contributed by atoms with Gasteiger partial charge < -0.3 is 14.6 Å². The maximum absolute atomic E-state index is 6.78. The van der Waals surface area contributed by atoms with Gasteiger partial charge >= 0.3 is 0 Å². The maximum atomic E-state index is 6.78. The number of fused-ring (bicyclic) bond motifs is 11. The second-order valence-electron chi connectivity index (χ2n) is 13.7. The molecule has 3 nitrogen and oxygen atoms in total. The minimum Gasteiger partial charge on any atom is -0.462 e. The highest BCUT2D eigenvalue weighted by molar-refractivity contribution is 6.25. The number of rotatable bonds is 4. The van der Waals surface area contributed by atoms with Gasteiger partial charge in [0.05, 0.1) is 16.7 Å². The third-order valence-corrected chi connectivity index (χ3v) is 10.8. The van der Waals surface area contributed by atoms with Gasteiger partial charge in [0.2, 0.25) is 0 Å². The van der Waals surface area contributed by atoms with E-state index in [1.54, 1.807) is 0 Å². The predicted molar refractivity (Wildman–Crippen MR) is 218 cm³/mol. The van der Waals surface area contributed by atoms with E-state index in [1.807, 2.05) is 6.07 Å². The molecule has 244 valence electrons. The Hall–Kier alpha value is -6.84. The van der Waals surface area contributed by atoms with E-state index in [1.165, 1.54) is 65.3 Å². The second-order valence-corrected chi connectivity index (χ2v) is 13.7. The summed E-state index contributed by atoms with van der Waals surface area (Å²) in [6, 6.07) is 65.6. The summed E-state index contributed by atoms with van der Waals surface area (Å²) in [5.41, 5.74) is 10.2. The molecule has 11 rings (SSSR count). The summed E-state index contributed by atoms with van der Waals surface area (Å²) in [5.74, 6) is 0.876. The Balaban J connectivity index is 1.08.